The van der Waals surface area contributed by atoms with Crippen LogP contribution in [0.25, 0.3) is 0 Å². The van der Waals surface area contributed by atoms with Crippen molar-refractivity contribution in [3.63, 3.8) is 0 Å². The molecule has 0 aliphatic rings. The molecule has 1 unspecified atom stereocenters. The molecule has 0 saturated heterocycles. The van der Waals surface area contributed by atoms with Crippen LogP contribution in [0.2, 0.25) is 18.1 Å². The Labute approximate surface area is 188 Å². The topological polar surface area (TPSA) is 51.8 Å². The van der Waals surface area contributed by atoms with Crippen LogP contribution in [0.15, 0.2) is 58.2 Å². The first-order chi connectivity index (χ1) is 14.8. The van der Waals surface area contributed by atoms with Crippen LogP contribution in [0, 0.1) is 11.8 Å². The van der Waals surface area contributed by atoms with Gasteiger partial charge in [-0.1, -0.05) is 32.6 Å². The van der Waals surface area contributed by atoms with Crippen molar-refractivity contribution in [3.8, 4) is 17.6 Å². The molecular formula is C24H29F3O4Si. The molecule has 174 valence electrons. The zero-order chi connectivity index (χ0) is 24.2. The van der Waals surface area contributed by atoms with Crippen molar-refractivity contribution >= 4 is 8.32 Å². The van der Waals surface area contributed by atoms with Crippen LogP contribution in [-0.4, -0.2) is 33.3 Å². The van der Waals surface area contributed by atoms with E-state index in [1.54, 1.807) is 24.3 Å². The van der Waals surface area contributed by atoms with Gasteiger partial charge in [-0.05, 0) is 54.5 Å². The summed E-state index contributed by atoms with van der Waals surface area (Å²) in [5.41, 5.74) is -1.05. The number of methoxy groups -OCH3 is 1. The third-order valence-electron chi connectivity index (χ3n) is 5.57. The minimum Gasteiger partial charge on any atom is -0.497 e. The number of furan rings is 1. The van der Waals surface area contributed by atoms with Crippen molar-refractivity contribution in [1.82, 2.24) is 0 Å². The molecule has 0 fully saturated rings. The Bertz CT molecular complexity index is 973. The number of aliphatic hydroxyl groups is 1. The van der Waals surface area contributed by atoms with Crippen LogP contribution < -0.4 is 4.74 Å². The predicted octanol–water partition coefficient (Wildman–Crippen LogP) is 6.25. The van der Waals surface area contributed by atoms with E-state index in [0.717, 1.165) is 0 Å². The lowest BCUT2D eigenvalue weighted by Gasteiger charge is -2.36. The maximum Gasteiger partial charge on any atom is 0.415 e. The van der Waals surface area contributed by atoms with Crippen LogP contribution in [-0.2, 0) is 4.43 Å². The van der Waals surface area contributed by atoms with Crippen LogP contribution in [0.5, 0.6) is 5.75 Å². The first-order valence-corrected chi connectivity index (χ1v) is 13.0. The predicted molar refractivity (Wildman–Crippen MR) is 120 cm³/mol. The summed E-state index contributed by atoms with van der Waals surface area (Å²) in [5.74, 6) is 5.82. The number of hydrogen-bond acceptors (Lipinski definition) is 4. The highest BCUT2D eigenvalue weighted by Gasteiger charge is 2.42. The molecular weight excluding hydrogens is 437 g/mol. The minimum atomic E-state index is -4.75. The van der Waals surface area contributed by atoms with Crippen molar-refractivity contribution < 1.29 is 31.9 Å². The first kappa shape index (κ1) is 25.8. The average molecular weight is 467 g/mol. The van der Waals surface area contributed by atoms with Gasteiger partial charge in [-0.25, -0.2) is 0 Å². The van der Waals surface area contributed by atoms with E-state index in [1.165, 1.54) is 25.5 Å². The molecule has 0 aliphatic heterocycles. The molecule has 1 aromatic heterocycles. The Kier molecular flexibility index (Phi) is 8.05. The molecule has 0 bridgehead atoms. The molecule has 0 saturated carbocycles. The van der Waals surface area contributed by atoms with E-state index in [1.807, 2.05) is 33.9 Å². The number of rotatable bonds is 6. The van der Waals surface area contributed by atoms with Crippen molar-refractivity contribution in [2.24, 2.45) is 0 Å². The van der Waals surface area contributed by atoms with E-state index in [9.17, 15) is 18.3 Å². The molecule has 32 heavy (non-hydrogen) atoms. The molecule has 4 nitrogen and oxygen atoms in total. The smallest absolute Gasteiger partial charge is 0.415 e. The molecule has 2 aromatic rings. The summed E-state index contributed by atoms with van der Waals surface area (Å²) in [7, 11) is -0.979. The molecule has 8 heteroatoms. The third-order valence-corrected chi connectivity index (χ3v) is 10.0. The quantitative estimate of drug-likeness (QED) is 0.404. The van der Waals surface area contributed by atoms with Gasteiger partial charge in [0.2, 0.25) is 0 Å². The minimum absolute atomic E-state index is 0.0295. The molecule has 1 N–H and O–H groups in total. The van der Waals surface area contributed by atoms with Crippen molar-refractivity contribution in [2.75, 3.05) is 13.7 Å². The van der Waals surface area contributed by atoms with Gasteiger partial charge in [0.1, 0.15) is 17.6 Å². The second-order valence-electron chi connectivity index (χ2n) is 8.84. The maximum absolute atomic E-state index is 14.1. The molecule has 1 aromatic carbocycles. The molecule has 0 amide bonds. The lowest BCUT2D eigenvalue weighted by Crippen LogP contribution is -2.42. The summed E-state index contributed by atoms with van der Waals surface area (Å²) >= 11 is 0. The van der Waals surface area contributed by atoms with Gasteiger partial charge in [-0.3, -0.25) is 0 Å². The van der Waals surface area contributed by atoms with Crippen LogP contribution in [0.3, 0.4) is 0 Å². The van der Waals surface area contributed by atoms with E-state index in [4.69, 9.17) is 13.6 Å². The van der Waals surface area contributed by atoms with Gasteiger partial charge in [0.15, 0.2) is 8.32 Å². The Morgan fingerprint density at radius 2 is 1.75 bits per heavy atom. The van der Waals surface area contributed by atoms with Gasteiger partial charge in [0.25, 0.3) is 0 Å². The second-order valence-corrected chi connectivity index (χ2v) is 13.6. The number of alkyl halides is 3. The summed E-state index contributed by atoms with van der Waals surface area (Å²) < 4.78 is 58.4. The highest BCUT2D eigenvalue weighted by Crippen LogP contribution is 2.39. The second kappa shape index (κ2) is 9.99. The van der Waals surface area contributed by atoms with E-state index in [-0.39, 0.29) is 10.8 Å². The molecule has 2 rings (SSSR count). The summed E-state index contributed by atoms with van der Waals surface area (Å²) in [6, 6.07) is 9.46. The van der Waals surface area contributed by atoms with Gasteiger partial charge >= 0.3 is 6.18 Å². The van der Waals surface area contributed by atoms with E-state index >= 15 is 0 Å². The van der Waals surface area contributed by atoms with Crippen LogP contribution >= 0.6 is 0 Å². The SMILES string of the molecule is COc1ccc(C#C/C(=C(/CO[Si](C)(C)C(C)(C)C)C(F)(F)F)C(O)c2ccco2)cc1. The lowest BCUT2D eigenvalue weighted by atomic mass is 10.0. The molecule has 0 aliphatic carbocycles. The van der Waals surface area contributed by atoms with Crippen molar-refractivity contribution in [1.29, 1.82) is 0 Å². The lowest BCUT2D eigenvalue weighted by molar-refractivity contribution is -0.0987. The fourth-order valence-corrected chi connectivity index (χ4v) is 3.43. The number of benzene rings is 1. The van der Waals surface area contributed by atoms with Gasteiger partial charge in [-0.2, -0.15) is 13.2 Å². The first-order valence-electron chi connectivity index (χ1n) is 10.1. The van der Waals surface area contributed by atoms with Crippen LogP contribution in [0.4, 0.5) is 13.2 Å². The number of ether oxygens (including phenoxy) is 1. The summed E-state index contributed by atoms with van der Waals surface area (Å²) in [5, 5.41) is 10.5. The standard InChI is InChI=1S/C24H29F3O4Si/c1-23(2,3)32(5,6)31-16-20(24(25,26)27)19(22(28)21-8-7-15-30-21)14-11-17-9-12-18(29-4)13-10-17/h7-10,12-13,15,22,28H,16H2,1-6H3/b20-19+. The Balaban J connectivity index is 2.56. The third kappa shape index (κ3) is 6.51. The number of hydrogen-bond donors (Lipinski definition) is 1. The average Bonchev–Trinajstić information content (AvgIpc) is 3.23. The molecule has 0 radical (unpaired) electrons. The maximum atomic E-state index is 14.1. The van der Waals surface area contributed by atoms with Gasteiger partial charge < -0.3 is 18.7 Å². The zero-order valence-electron chi connectivity index (χ0n) is 19.1. The van der Waals surface area contributed by atoms with E-state index in [0.29, 0.717) is 11.3 Å². The highest BCUT2D eigenvalue weighted by molar-refractivity contribution is 6.74. The summed E-state index contributed by atoms with van der Waals surface area (Å²) in [6.45, 7) is 8.86. The van der Waals surface area contributed by atoms with Gasteiger partial charge in [0.05, 0.1) is 25.6 Å². The molecule has 1 atom stereocenters. The summed E-state index contributed by atoms with van der Waals surface area (Å²) in [6.07, 6.45) is -5.15. The van der Waals surface area contributed by atoms with Gasteiger partial charge in [0, 0.05) is 11.1 Å². The Hall–Kier alpha value is -2.47. The fraction of sp³-hybridized carbons (Fsp3) is 0.417. The van der Waals surface area contributed by atoms with Gasteiger partial charge in [-0.15, -0.1) is 0 Å². The van der Waals surface area contributed by atoms with Crippen molar-refractivity contribution in [3.05, 3.63) is 65.1 Å². The van der Waals surface area contributed by atoms with E-state index < -0.39 is 38.4 Å². The Morgan fingerprint density at radius 1 is 1.12 bits per heavy atom. The normalized spacial score (nSPS) is 14.3. The molecule has 0 spiro atoms. The Morgan fingerprint density at radius 3 is 2.22 bits per heavy atom. The monoisotopic (exact) mass is 466 g/mol. The van der Waals surface area contributed by atoms with Crippen molar-refractivity contribution in [2.45, 2.75) is 51.2 Å². The fourth-order valence-electron chi connectivity index (χ4n) is 2.49. The largest absolute Gasteiger partial charge is 0.497 e. The molecule has 1 heterocycles. The number of aliphatic hydroxyl groups excluding tert-OH is 1. The zero-order valence-corrected chi connectivity index (χ0v) is 20.1. The summed E-state index contributed by atoms with van der Waals surface area (Å²) in [4.78, 5) is 0. The number of halogens is 3. The van der Waals surface area contributed by atoms with E-state index in [2.05, 4.69) is 11.8 Å². The highest BCUT2D eigenvalue weighted by atomic mass is 28.4. The van der Waals surface area contributed by atoms with Crippen LogP contribution in [0.1, 0.15) is 38.2 Å².